The molecule has 0 aliphatic carbocycles. The van der Waals surface area contributed by atoms with E-state index in [1.807, 2.05) is 6.92 Å². The average molecular weight is 484 g/mol. The van der Waals surface area contributed by atoms with Gasteiger partial charge in [0.2, 0.25) is 5.91 Å². The monoisotopic (exact) mass is 483 g/mol. The van der Waals surface area contributed by atoms with Crippen LogP contribution < -0.4 is 0 Å². The lowest BCUT2D eigenvalue weighted by Gasteiger charge is -2.31. The Morgan fingerprint density at radius 2 is 1.12 bits per heavy atom. The highest BCUT2D eigenvalue weighted by Gasteiger charge is 2.23. The first-order valence-electron chi connectivity index (χ1n) is 10.9. The van der Waals surface area contributed by atoms with Gasteiger partial charge in [-0.1, -0.05) is 83.8 Å². The molecule has 158 valence electrons. The van der Waals surface area contributed by atoms with Crippen molar-refractivity contribution in [2.45, 2.75) is 117 Å². The third-order valence-corrected chi connectivity index (χ3v) is 4.92. The van der Waals surface area contributed by atoms with Crippen molar-refractivity contribution in [2.75, 3.05) is 13.1 Å². The number of nitrogens with zero attached hydrogens (tertiary/aromatic N) is 1. The number of unbranched alkanes of at least 4 members (excludes halogenated alkanes) is 12. The van der Waals surface area contributed by atoms with Crippen LogP contribution in [0.15, 0.2) is 12.2 Å². The molecule has 0 rings (SSSR count). The van der Waals surface area contributed by atoms with Gasteiger partial charge in [-0.25, -0.2) is 0 Å². The summed E-state index contributed by atoms with van der Waals surface area (Å²) in [5.74, 6) is -1.67. The lowest BCUT2D eigenvalue weighted by molar-refractivity contribution is -0.249. The Bertz CT molecular complexity index is 303. The van der Waals surface area contributed by atoms with E-state index in [1.54, 1.807) is 4.90 Å². The van der Waals surface area contributed by atoms with E-state index in [2.05, 4.69) is 19.1 Å². The summed E-state index contributed by atoms with van der Waals surface area (Å²) in [6.45, 7) is 7.11. The normalized spacial score (nSPS) is 12.1. The molecular weight excluding hydrogens is 437 g/mol. The minimum Gasteiger partial charge on any atom is -0.353 e. The number of halogens is 1. The highest BCUT2D eigenvalue weighted by molar-refractivity contribution is 14.0. The number of rotatable bonds is 18. The third-order valence-electron chi connectivity index (χ3n) is 4.92. The summed E-state index contributed by atoms with van der Waals surface area (Å²) >= 11 is 0. The van der Waals surface area contributed by atoms with Crippen molar-refractivity contribution in [3.63, 3.8) is 0 Å². The van der Waals surface area contributed by atoms with Crippen molar-refractivity contribution in [2.24, 2.45) is 0 Å². The Labute approximate surface area is 180 Å². The van der Waals surface area contributed by atoms with E-state index in [0.717, 1.165) is 13.0 Å². The quantitative estimate of drug-likeness (QED) is 0.0996. The van der Waals surface area contributed by atoms with Crippen LogP contribution in [0.2, 0.25) is 0 Å². The largest absolute Gasteiger partial charge is 0.353 e. The summed E-state index contributed by atoms with van der Waals surface area (Å²) in [5, 5.41) is 19.2. The van der Waals surface area contributed by atoms with Gasteiger partial charge in [-0.3, -0.25) is 4.90 Å². The maximum atomic E-state index is 9.58. The van der Waals surface area contributed by atoms with E-state index in [1.165, 1.54) is 90.4 Å². The van der Waals surface area contributed by atoms with Crippen LogP contribution in [0, 0.1) is 0 Å². The Balaban J connectivity index is 0. The molecule has 0 aliphatic rings. The molecule has 26 heavy (non-hydrogen) atoms. The molecule has 0 atom stereocenters. The lowest BCUT2D eigenvalue weighted by Crippen LogP contribution is -2.46. The Kier molecular flexibility index (Phi) is 22.1. The molecule has 0 amide bonds. The van der Waals surface area contributed by atoms with Gasteiger partial charge in [-0.05, 0) is 32.1 Å². The fourth-order valence-corrected chi connectivity index (χ4v) is 3.22. The average Bonchev–Trinajstić information content (AvgIpc) is 2.56. The molecule has 0 radical (unpaired) electrons. The van der Waals surface area contributed by atoms with Gasteiger partial charge in [0.05, 0.1) is 0 Å². The predicted octanol–water partition coefficient (Wildman–Crippen LogP) is 6.62. The van der Waals surface area contributed by atoms with E-state index in [0.29, 0.717) is 6.54 Å². The molecule has 0 aromatic carbocycles. The van der Waals surface area contributed by atoms with Crippen molar-refractivity contribution < 1.29 is 10.2 Å². The first-order valence-corrected chi connectivity index (χ1v) is 10.9. The second-order valence-electron chi connectivity index (χ2n) is 7.49. The van der Waals surface area contributed by atoms with Gasteiger partial charge in [0, 0.05) is 20.0 Å². The summed E-state index contributed by atoms with van der Waals surface area (Å²) < 4.78 is 0. The minimum atomic E-state index is -1.67. The Hall–Kier alpha value is 0.350. The molecule has 0 unspecified atom stereocenters. The molecular formula is C22H46INO2. The van der Waals surface area contributed by atoms with Gasteiger partial charge >= 0.3 is 0 Å². The second-order valence-corrected chi connectivity index (χ2v) is 7.49. The van der Waals surface area contributed by atoms with Crippen LogP contribution in [0.5, 0.6) is 0 Å². The van der Waals surface area contributed by atoms with E-state index in [9.17, 15) is 10.2 Å². The minimum absolute atomic E-state index is 0. The summed E-state index contributed by atoms with van der Waals surface area (Å²) in [5.41, 5.74) is 0. The molecule has 0 aromatic rings. The van der Waals surface area contributed by atoms with Crippen LogP contribution >= 0.6 is 24.0 Å². The van der Waals surface area contributed by atoms with Gasteiger partial charge in [0.1, 0.15) is 0 Å². The van der Waals surface area contributed by atoms with Crippen molar-refractivity contribution in [1.82, 2.24) is 4.90 Å². The molecule has 0 aromatic heterocycles. The first-order chi connectivity index (χ1) is 12.0. The summed E-state index contributed by atoms with van der Waals surface area (Å²) in [6.07, 6.45) is 22.9. The summed E-state index contributed by atoms with van der Waals surface area (Å²) in [6, 6.07) is 0. The fourth-order valence-electron chi connectivity index (χ4n) is 3.22. The van der Waals surface area contributed by atoms with Gasteiger partial charge in [-0.15, -0.1) is 24.0 Å². The molecule has 0 fully saturated rings. The van der Waals surface area contributed by atoms with Crippen molar-refractivity contribution in [1.29, 1.82) is 0 Å². The first kappa shape index (κ1) is 28.6. The van der Waals surface area contributed by atoms with Crippen molar-refractivity contribution >= 4 is 24.0 Å². The smallest absolute Gasteiger partial charge is 0.221 e. The maximum absolute atomic E-state index is 9.58. The standard InChI is InChI=1S/C22H45NO2.HI/c1-4-6-7-8-9-10-11-12-13-14-15-16-17-18-19-20-21-23(5-2)22(3,24)25;/h12-13,24-25H,4-11,14-21H2,1-3H3;1H/b13-12-;. The molecule has 0 spiro atoms. The molecule has 0 heterocycles. The molecule has 0 aliphatic heterocycles. The molecule has 0 saturated heterocycles. The number of aliphatic hydroxyl groups is 2. The van der Waals surface area contributed by atoms with E-state index < -0.39 is 5.91 Å². The number of hydrogen-bond donors (Lipinski definition) is 2. The topological polar surface area (TPSA) is 43.7 Å². The zero-order chi connectivity index (χ0) is 18.8. The zero-order valence-corrected chi connectivity index (χ0v) is 20.0. The predicted molar refractivity (Wildman–Crippen MR) is 125 cm³/mol. The summed E-state index contributed by atoms with van der Waals surface area (Å²) in [7, 11) is 0. The van der Waals surface area contributed by atoms with Gasteiger partial charge in [-0.2, -0.15) is 0 Å². The molecule has 0 bridgehead atoms. The van der Waals surface area contributed by atoms with Gasteiger partial charge in [0.15, 0.2) is 0 Å². The van der Waals surface area contributed by atoms with E-state index in [-0.39, 0.29) is 24.0 Å². The second kappa shape index (κ2) is 20.1. The van der Waals surface area contributed by atoms with Gasteiger partial charge in [0.25, 0.3) is 0 Å². The van der Waals surface area contributed by atoms with Crippen molar-refractivity contribution in [3.8, 4) is 0 Å². The molecule has 0 saturated carbocycles. The SMILES string of the molecule is CCCCCCCC/C=C\CCCCCCCCN(CC)C(C)(O)O.I. The van der Waals surface area contributed by atoms with E-state index >= 15 is 0 Å². The lowest BCUT2D eigenvalue weighted by atomic mass is 10.1. The Morgan fingerprint density at radius 1 is 0.692 bits per heavy atom. The fraction of sp³-hybridized carbons (Fsp3) is 0.909. The molecule has 2 N–H and O–H groups in total. The molecule has 3 nitrogen and oxygen atoms in total. The van der Waals surface area contributed by atoms with Crippen LogP contribution in [-0.4, -0.2) is 34.1 Å². The summed E-state index contributed by atoms with van der Waals surface area (Å²) in [4.78, 5) is 1.71. The Morgan fingerprint density at radius 3 is 1.54 bits per heavy atom. The number of hydrogen-bond acceptors (Lipinski definition) is 3. The van der Waals surface area contributed by atoms with Crippen LogP contribution in [0.25, 0.3) is 0 Å². The van der Waals surface area contributed by atoms with Crippen LogP contribution in [0.3, 0.4) is 0 Å². The zero-order valence-electron chi connectivity index (χ0n) is 17.7. The van der Waals surface area contributed by atoms with Crippen LogP contribution in [0.4, 0.5) is 0 Å². The third kappa shape index (κ3) is 19.1. The number of allylic oxidation sites excluding steroid dienone is 2. The molecule has 4 heteroatoms. The highest BCUT2D eigenvalue weighted by atomic mass is 127. The van der Waals surface area contributed by atoms with Crippen LogP contribution in [0.1, 0.15) is 111 Å². The van der Waals surface area contributed by atoms with Gasteiger partial charge < -0.3 is 10.2 Å². The maximum Gasteiger partial charge on any atom is 0.221 e. The van der Waals surface area contributed by atoms with E-state index in [4.69, 9.17) is 0 Å². The van der Waals surface area contributed by atoms with Crippen molar-refractivity contribution in [3.05, 3.63) is 12.2 Å². The van der Waals surface area contributed by atoms with Crippen LogP contribution in [-0.2, 0) is 0 Å². The highest BCUT2D eigenvalue weighted by Crippen LogP contribution is 2.12.